The molecule has 4 N–H and O–H groups in total. The Labute approximate surface area is 149 Å². The van der Waals surface area contributed by atoms with Crippen molar-refractivity contribution in [3.05, 3.63) is 66.0 Å². The molecule has 0 saturated carbocycles. The van der Waals surface area contributed by atoms with Crippen LogP contribution in [0.4, 0.5) is 0 Å². The Kier molecular flexibility index (Phi) is 11.8. The molecule has 22 heavy (non-hydrogen) atoms. The van der Waals surface area contributed by atoms with Crippen LogP contribution in [0.5, 0.6) is 0 Å². The first-order valence-corrected chi connectivity index (χ1v) is 10.3. The predicted octanol–water partition coefficient (Wildman–Crippen LogP) is 2.87. The number of hydrogen-bond donors (Lipinski definition) is 2. The minimum atomic E-state index is -0.226. The molecule has 121 valence electrons. The van der Waals surface area contributed by atoms with E-state index in [2.05, 4.69) is 15.5 Å². The molecule has 1 aromatic heterocycles. The van der Waals surface area contributed by atoms with E-state index in [1.807, 2.05) is 48.5 Å². The number of hydrazone groups is 1. The Morgan fingerprint density at radius 1 is 1.14 bits per heavy atom. The first-order valence-electron chi connectivity index (χ1n) is 5.62. The summed E-state index contributed by atoms with van der Waals surface area (Å²) >= 11 is 4.53. The van der Waals surface area contributed by atoms with Crippen molar-refractivity contribution in [3.8, 4) is 0 Å². The SMILES string of the molecule is NC(=S)NN=C(c1ccccc1)c1ccccn1.[Cl][Rh][Cl].[OH-]. The van der Waals surface area contributed by atoms with Crippen molar-refractivity contribution < 1.29 is 20.6 Å². The van der Waals surface area contributed by atoms with Gasteiger partial charge in [0.15, 0.2) is 5.11 Å². The monoisotopic (exact) mass is 446 g/mol. The first-order chi connectivity index (χ1) is 10.2. The van der Waals surface area contributed by atoms with Gasteiger partial charge in [0.05, 0.1) is 5.69 Å². The van der Waals surface area contributed by atoms with E-state index in [0.717, 1.165) is 11.3 Å². The standard InChI is InChI=1S/C13H12N4S.2ClH.H2O.Rh/c14-13(18)17-16-12(10-6-2-1-3-7-10)11-8-4-5-9-15-11;;;;/h1-9H,(H3,14,17,18);2*1H;1H2;/q;;;;+2/p-3. The molecule has 0 bridgehead atoms. The fraction of sp³-hybridized carbons (Fsp3) is 0. The van der Waals surface area contributed by atoms with Crippen LogP contribution in [-0.2, 0) is 15.1 Å². The number of halogens is 2. The molecular weight excluding hydrogens is 434 g/mol. The van der Waals surface area contributed by atoms with E-state index in [4.69, 9.17) is 37.3 Å². The minimum Gasteiger partial charge on any atom is -0.870 e. The molecule has 0 unspecified atom stereocenters. The fourth-order valence-electron chi connectivity index (χ4n) is 1.48. The van der Waals surface area contributed by atoms with E-state index in [1.165, 1.54) is 0 Å². The van der Waals surface area contributed by atoms with E-state index in [9.17, 15) is 0 Å². The second kappa shape index (κ2) is 12.4. The van der Waals surface area contributed by atoms with Gasteiger partial charge >= 0.3 is 34.5 Å². The average Bonchev–Trinajstić information content (AvgIpc) is 2.50. The molecule has 0 amide bonds. The normalized spacial score (nSPS) is 10.0. The quantitative estimate of drug-likeness (QED) is 0.327. The van der Waals surface area contributed by atoms with Crippen molar-refractivity contribution in [1.29, 1.82) is 0 Å². The molecule has 0 aliphatic rings. The Morgan fingerprint density at radius 3 is 2.23 bits per heavy atom. The third-order valence-electron chi connectivity index (χ3n) is 2.23. The van der Waals surface area contributed by atoms with Gasteiger partial charge in [-0.2, -0.15) is 5.10 Å². The van der Waals surface area contributed by atoms with Gasteiger partial charge in [-0.1, -0.05) is 36.4 Å². The second-order valence-electron chi connectivity index (χ2n) is 3.57. The Bertz CT molecular complexity index is 546. The smallest absolute Gasteiger partial charge is 0.870 e. The molecule has 9 heteroatoms. The van der Waals surface area contributed by atoms with Gasteiger partial charge < -0.3 is 11.2 Å². The van der Waals surface area contributed by atoms with Crippen molar-refractivity contribution >= 4 is 42.4 Å². The largest absolute Gasteiger partial charge is 0.870 e. The zero-order valence-electron chi connectivity index (χ0n) is 11.1. The average molecular weight is 447 g/mol. The van der Waals surface area contributed by atoms with Crippen LogP contribution in [0.2, 0.25) is 0 Å². The summed E-state index contributed by atoms with van der Waals surface area (Å²) in [5, 5.41) is 4.33. The van der Waals surface area contributed by atoms with Crippen LogP contribution < -0.4 is 11.2 Å². The van der Waals surface area contributed by atoms with Gasteiger partial charge in [-0.05, 0) is 24.4 Å². The zero-order valence-corrected chi connectivity index (χ0v) is 15.1. The van der Waals surface area contributed by atoms with Gasteiger partial charge in [-0.15, -0.1) is 0 Å². The third-order valence-corrected chi connectivity index (χ3v) is 2.32. The maximum Gasteiger partial charge on any atom is -0.870 e. The second-order valence-corrected chi connectivity index (χ2v) is 6.49. The Hall–Kier alpha value is -1.11. The molecule has 0 fully saturated rings. The van der Waals surface area contributed by atoms with Gasteiger partial charge in [-0.3, -0.25) is 10.4 Å². The van der Waals surface area contributed by atoms with E-state index in [-0.39, 0.29) is 25.7 Å². The molecule has 0 atom stereocenters. The molecular formula is C13H13Cl2N4ORhS-. The molecule has 0 aliphatic carbocycles. The van der Waals surface area contributed by atoms with Crippen LogP contribution in [0.1, 0.15) is 11.3 Å². The van der Waals surface area contributed by atoms with E-state index in [0.29, 0.717) is 5.71 Å². The Balaban J connectivity index is 0.00000102. The van der Waals surface area contributed by atoms with E-state index < -0.39 is 0 Å². The molecule has 1 aromatic carbocycles. The summed E-state index contributed by atoms with van der Waals surface area (Å²) in [6, 6.07) is 15.4. The number of hydrogen-bond acceptors (Lipinski definition) is 4. The zero-order chi connectivity index (χ0) is 15.5. The predicted molar refractivity (Wildman–Crippen MR) is 89.9 cm³/mol. The van der Waals surface area contributed by atoms with Crippen molar-refractivity contribution in [3.63, 3.8) is 0 Å². The number of thiocarbonyl (C=S) groups is 1. The maximum atomic E-state index is 5.39. The molecule has 0 radical (unpaired) electrons. The summed E-state index contributed by atoms with van der Waals surface area (Å²) in [7, 11) is 9.67. The van der Waals surface area contributed by atoms with Crippen LogP contribution in [0.25, 0.3) is 0 Å². The topological polar surface area (TPSA) is 93.3 Å². The molecule has 5 nitrogen and oxygen atoms in total. The summed E-state index contributed by atoms with van der Waals surface area (Å²) in [6.07, 6.45) is 1.72. The van der Waals surface area contributed by atoms with Crippen molar-refractivity contribution in [1.82, 2.24) is 10.4 Å². The van der Waals surface area contributed by atoms with Crippen LogP contribution in [0.15, 0.2) is 59.8 Å². The summed E-state index contributed by atoms with van der Waals surface area (Å²) in [5.41, 5.74) is 10.4. The van der Waals surface area contributed by atoms with Crippen LogP contribution in [0, 0.1) is 0 Å². The summed E-state index contributed by atoms with van der Waals surface area (Å²) in [5.74, 6) is 0. The molecule has 0 spiro atoms. The van der Waals surface area contributed by atoms with Crippen LogP contribution in [0.3, 0.4) is 0 Å². The van der Waals surface area contributed by atoms with Crippen molar-refractivity contribution in [2.75, 3.05) is 0 Å². The first kappa shape index (κ1) is 20.9. The molecule has 2 rings (SSSR count). The van der Waals surface area contributed by atoms with Gasteiger partial charge in [0.2, 0.25) is 0 Å². The number of nitrogens with one attached hydrogen (secondary N) is 1. The molecule has 1 heterocycles. The minimum absolute atomic E-state index is 0. The molecule has 0 aliphatic heterocycles. The summed E-state index contributed by atoms with van der Waals surface area (Å²) < 4.78 is 0. The number of benzene rings is 1. The van der Waals surface area contributed by atoms with Crippen molar-refractivity contribution in [2.24, 2.45) is 10.8 Å². The maximum absolute atomic E-state index is 5.39. The van der Waals surface area contributed by atoms with Crippen molar-refractivity contribution in [2.45, 2.75) is 0 Å². The Morgan fingerprint density at radius 2 is 1.73 bits per heavy atom. The van der Waals surface area contributed by atoms with E-state index >= 15 is 0 Å². The fourth-order valence-corrected chi connectivity index (χ4v) is 1.53. The number of pyridine rings is 1. The van der Waals surface area contributed by atoms with Gasteiger partial charge in [0.25, 0.3) is 0 Å². The van der Waals surface area contributed by atoms with Gasteiger partial charge in [0, 0.05) is 11.8 Å². The number of nitrogens with two attached hydrogens (primary N) is 1. The summed E-state index contributed by atoms with van der Waals surface area (Å²) in [6.45, 7) is 0. The van der Waals surface area contributed by atoms with Crippen LogP contribution >= 0.6 is 31.6 Å². The number of aromatic nitrogens is 1. The molecule has 2 aromatic rings. The number of rotatable bonds is 3. The van der Waals surface area contributed by atoms with Gasteiger partial charge in [-0.25, -0.2) is 0 Å². The third kappa shape index (κ3) is 7.77. The summed E-state index contributed by atoms with van der Waals surface area (Å²) in [4.78, 5) is 4.28. The van der Waals surface area contributed by atoms with Gasteiger partial charge in [0.1, 0.15) is 5.71 Å². The molecule has 0 saturated heterocycles. The number of nitrogens with zero attached hydrogens (tertiary/aromatic N) is 2. The van der Waals surface area contributed by atoms with Crippen LogP contribution in [-0.4, -0.2) is 21.3 Å². The van der Waals surface area contributed by atoms with E-state index in [1.54, 1.807) is 6.20 Å².